The van der Waals surface area contributed by atoms with Gasteiger partial charge in [-0.15, -0.1) is 0 Å². The minimum Gasteiger partial charge on any atom is -0.356 e. The van der Waals surface area contributed by atoms with Crippen molar-refractivity contribution >= 4 is 11.8 Å². The highest BCUT2D eigenvalue weighted by Gasteiger charge is 2.22. The van der Waals surface area contributed by atoms with Gasteiger partial charge in [0, 0.05) is 31.5 Å². The molecule has 3 N–H and O–H groups in total. The molecule has 0 aromatic carbocycles. The molecule has 0 bridgehead atoms. The van der Waals surface area contributed by atoms with Crippen molar-refractivity contribution in [2.75, 3.05) is 13.1 Å². The Balaban J connectivity index is 1.47. The summed E-state index contributed by atoms with van der Waals surface area (Å²) in [6, 6.07) is 0.901. The van der Waals surface area contributed by atoms with Crippen LogP contribution < -0.4 is 16.0 Å². The standard InChI is InChI=1S/C14H25N3O2/c18-13(7-6-11-3-1-2-9-15-11)16-10-8-14(19)17-12-4-5-12/h11-12,15H,1-10H2,(H,16,18)(H,17,19). The van der Waals surface area contributed by atoms with E-state index in [0.29, 0.717) is 31.5 Å². The van der Waals surface area contributed by atoms with Gasteiger partial charge < -0.3 is 16.0 Å². The second kappa shape index (κ2) is 7.48. The predicted molar refractivity (Wildman–Crippen MR) is 73.7 cm³/mol. The van der Waals surface area contributed by atoms with Gasteiger partial charge >= 0.3 is 0 Å². The number of carbonyl (C=O) groups excluding carboxylic acids is 2. The van der Waals surface area contributed by atoms with Gasteiger partial charge in [-0.2, -0.15) is 0 Å². The first kappa shape index (κ1) is 14.3. The Bertz CT molecular complexity index is 310. The van der Waals surface area contributed by atoms with E-state index in [1.807, 2.05) is 0 Å². The maximum atomic E-state index is 11.6. The smallest absolute Gasteiger partial charge is 0.221 e. The molecule has 0 aromatic rings. The van der Waals surface area contributed by atoms with Crippen LogP contribution in [0.25, 0.3) is 0 Å². The molecule has 1 heterocycles. The average molecular weight is 267 g/mol. The van der Waals surface area contributed by atoms with Gasteiger partial charge in [0.15, 0.2) is 0 Å². The molecule has 1 aliphatic carbocycles. The summed E-state index contributed by atoms with van der Waals surface area (Å²) in [5.74, 6) is 0.114. The first-order chi connectivity index (χ1) is 9.24. The minimum atomic E-state index is 0.0525. The highest BCUT2D eigenvalue weighted by Crippen LogP contribution is 2.18. The van der Waals surface area contributed by atoms with E-state index in [1.54, 1.807) is 0 Å². The molecular weight excluding hydrogens is 242 g/mol. The summed E-state index contributed by atoms with van der Waals surface area (Å²) >= 11 is 0. The number of hydrogen-bond donors (Lipinski definition) is 3. The summed E-state index contributed by atoms with van der Waals surface area (Å²) in [4.78, 5) is 23.0. The number of rotatable bonds is 7. The second-order valence-electron chi connectivity index (χ2n) is 5.63. The number of piperidine rings is 1. The van der Waals surface area contributed by atoms with Crippen LogP contribution in [0.15, 0.2) is 0 Å². The van der Waals surface area contributed by atoms with Gasteiger partial charge in [-0.05, 0) is 38.6 Å². The number of amides is 2. The summed E-state index contributed by atoms with van der Waals surface area (Å²) in [6.07, 6.45) is 7.75. The summed E-state index contributed by atoms with van der Waals surface area (Å²) in [6.45, 7) is 1.53. The van der Waals surface area contributed by atoms with Crippen molar-refractivity contribution in [2.24, 2.45) is 0 Å². The van der Waals surface area contributed by atoms with E-state index in [4.69, 9.17) is 0 Å². The second-order valence-corrected chi connectivity index (χ2v) is 5.63. The van der Waals surface area contributed by atoms with Crippen LogP contribution in [0, 0.1) is 0 Å². The van der Waals surface area contributed by atoms with Crippen LogP contribution in [0.4, 0.5) is 0 Å². The summed E-state index contributed by atoms with van der Waals surface area (Å²) in [5, 5.41) is 9.16. The van der Waals surface area contributed by atoms with Gasteiger partial charge in [-0.3, -0.25) is 9.59 Å². The van der Waals surface area contributed by atoms with Crippen LogP contribution in [0.2, 0.25) is 0 Å². The molecular formula is C14H25N3O2. The Hall–Kier alpha value is -1.10. The van der Waals surface area contributed by atoms with Gasteiger partial charge in [0.2, 0.25) is 11.8 Å². The Morgan fingerprint density at radius 2 is 1.89 bits per heavy atom. The van der Waals surface area contributed by atoms with Crippen molar-refractivity contribution in [1.29, 1.82) is 0 Å². The van der Waals surface area contributed by atoms with E-state index < -0.39 is 0 Å². The van der Waals surface area contributed by atoms with Crippen LogP contribution in [-0.4, -0.2) is 37.0 Å². The molecule has 1 unspecified atom stereocenters. The molecule has 19 heavy (non-hydrogen) atoms. The molecule has 2 amide bonds. The Morgan fingerprint density at radius 3 is 2.58 bits per heavy atom. The maximum absolute atomic E-state index is 11.6. The van der Waals surface area contributed by atoms with E-state index in [-0.39, 0.29) is 11.8 Å². The zero-order chi connectivity index (χ0) is 13.5. The molecule has 1 saturated heterocycles. The van der Waals surface area contributed by atoms with Crippen molar-refractivity contribution in [3.8, 4) is 0 Å². The predicted octanol–water partition coefficient (Wildman–Crippen LogP) is 0.694. The van der Waals surface area contributed by atoms with Crippen LogP contribution in [0.3, 0.4) is 0 Å². The lowest BCUT2D eigenvalue weighted by molar-refractivity contribution is -0.122. The largest absolute Gasteiger partial charge is 0.356 e. The quantitative estimate of drug-likeness (QED) is 0.636. The van der Waals surface area contributed by atoms with Crippen LogP contribution in [0.5, 0.6) is 0 Å². The molecule has 2 fully saturated rings. The summed E-state index contributed by atoms with van der Waals surface area (Å²) in [7, 11) is 0. The Kier molecular flexibility index (Phi) is 5.63. The fourth-order valence-electron chi connectivity index (χ4n) is 2.41. The number of nitrogens with one attached hydrogen (secondary N) is 3. The molecule has 1 saturated carbocycles. The zero-order valence-electron chi connectivity index (χ0n) is 11.5. The highest BCUT2D eigenvalue weighted by atomic mass is 16.2. The topological polar surface area (TPSA) is 70.2 Å². The van der Waals surface area contributed by atoms with Crippen LogP contribution in [-0.2, 0) is 9.59 Å². The van der Waals surface area contributed by atoms with Crippen molar-refractivity contribution in [2.45, 2.75) is 63.5 Å². The van der Waals surface area contributed by atoms with E-state index in [0.717, 1.165) is 25.8 Å². The third-order valence-electron chi connectivity index (χ3n) is 3.75. The van der Waals surface area contributed by atoms with Gasteiger partial charge in [0.25, 0.3) is 0 Å². The molecule has 5 heteroatoms. The van der Waals surface area contributed by atoms with E-state index in [2.05, 4.69) is 16.0 Å². The Labute approximate surface area is 114 Å². The van der Waals surface area contributed by atoms with E-state index >= 15 is 0 Å². The lowest BCUT2D eigenvalue weighted by Crippen LogP contribution is -2.36. The zero-order valence-corrected chi connectivity index (χ0v) is 11.5. The lowest BCUT2D eigenvalue weighted by Gasteiger charge is -2.23. The highest BCUT2D eigenvalue weighted by molar-refractivity contribution is 5.79. The van der Waals surface area contributed by atoms with Crippen molar-refractivity contribution in [1.82, 2.24) is 16.0 Å². The van der Waals surface area contributed by atoms with E-state index in [1.165, 1.54) is 19.3 Å². The Morgan fingerprint density at radius 1 is 1.05 bits per heavy atom. The third-order valence-corrected chi connectivity index (χ3v) is 3.75. The number of carbonyl (C=O) groups is 2. The van der Waals surface area contributed by atoms with Crippen molar-refractivity contribution < 1.29 is 9.59 Å². The summed E-state index contributed by atoms with van der Waals surface area (Å²) < 4.78 is 0. The first-order valence-corrected chi connectivity index (χ1v) is 7.53. The fourth-order valence-corrected chi connectivity index (χ4v) is 2.41. The monoisotopic (exact) mass is 267 g/mol. The molecule has 2 aliphatic rings. The molecule has 0 radical (unpaired) electrons. The lowest BCUT2D eigenvalue weighted by atomic mass is 10.0. The van der Waals surface area contributed by atoms with Gasteiger partial charge in [0.05, 0.1) is 0 Å². The third kappa shape index (κ3) is 6.05. The van der Waals surface area contributed by atoms with E-state index in [9.17, 15) is 9.59 Å². The molecule has 5 nitrogen and oxygen atoms in total. The van der Waals surface area contributed by atoms with Gasteiger partial charge in [-0.25, -0.2) is 0 Å². The van der Waals surface area contributed by atoms with Gasteiger partial charge in [-0.1, -0.05) is 6.42 Å². The first-order valence-electron chi connectivity index (χ1n) is 7.53. The van der Waals surface area contributed by atoms with Gasteiger partial charge in [0.1, 0.15) is 0 Å². The van der Waals surface area contributed by atoms with Crippen LogP contribution >= 0.6 is 0 Å². The van der Waals surface area contributed by atoms with Crippen LogP contribution in [0.1, 0.15) is 51.4 Å². The molecule has 1 aliphatic heterocycles. The maximum Gasteiger partial charge on any atom is 0.221 e. The minimum absolute atomic E-state index is 0.0525. The molecule has 108 valence electrons. The summed E-state index contributed by atoms with van der Waals surface area (Å²) in [5.41, 5.74) is 0. The molecule has 0 spiro atoms. The fraction of sp³-hybridized carbons (Fsp3) is 0.857. The normalized spacial score (nSPS) is 22.8. The SMILES string of the molecule is O=C(CCC1CCCCN1)NCCC(=O)NC1CC1. The number of hydrogen-bond acceptors (Lipinski definition) is 3. The molecule has 1 atom stereocenters. The van der Waals surface area contributed by atoms with Crippen molar-refractivity contribution in [3.05, 3.63) is 0 Å². The molecule has 0 aromatic heterocycles. The average Bonchev–Trinajstić information content (AvgIpc) is 3.21. The molecule has 2 rings (SSSR count). The van der Waals surface area contributed by atoms with Crippen molar-refractivity contribution in [3.63, 3.8) is 0 Å².